The number of imidazole rings is 1. The van der Waals surface area contributed by atoms with Gasteiger partial charge in [-0.25, -0.2) is 14.8 Å². The normalized spacial score (nSPS) is 13.9. The molecule has 1 aliphatic rings. The van der Waals surface area contributed by atoms with Gasteiger partial charge in [0.05, 0.1) is 35.1 Å². The Labute approximate surface area is 161 Å². The predicted molar refractivity (Wildman–Crippen MR) is 108 cm³/mol. The van der Waals surface area contributed by atoms with Crippen molar-refractivity contribution in [2.45, 2.75) is 0 Å². The molecule has 1 aliphatic heterocycles. The molecule has 1 aromatic carbocycles. The number of anilines is 1. The molecule has 0 unspecified atom stereocenters. The van der Waals surface area contributed by atoms with E-state index in [1.165, 1.54) is 0 Å². The lowest BCUT2D eigenvalue weighted by molar-refractivity contribution is 0.252. The van der Waals surface area contributed by atoms with Gasteiger partial charge in [-0.1, -0.05) is 12.1 Å². The number of carbonyl (C=O) groups excluding carboxylic acids is 1. The average Bonchev–Trinajstić information content (AvgIpc) is 3.35. The molecule has 1 saturated heterocycles. The van der Waals surface area contributed by atoms with Crippen molar-refractivity contribution in [3.8, 4) is 22.6 Å². The van der Waals surface area contributed by atoms with Crippen molar-refractivity contribution in [2.75, 3.05) is 18.0 Å². The van der Waals surface area contributed by atoms with E-state index in [1.807, 2.05) is 54.1 Å². The van der Waals surface area contributed by atoms with Crippen molar-refractivity contribution in [1.29, 1.82) is 0 Å². The van der Waals surface area contributed by atoms with Gasteiger partial charge in [-0.2, -0.15) is 0 Å². The molecule has 5 rings (SSSR count). The molecule has 0 saturated carbocycles. The summed E-state index contributed by atoms with van der Waals surface area (Å²) in [5, 5.41) is 3.83. The van der Waals surface area contributed by atoms with E-state index in [0.717, 1.165) is 39.2 Å². The lowest BCUT2D eigenvalue weighted by Crippen LogP contribution is -2.27. The Hall–Kier alpha value is -3.74. The number of amides is 2. The Kier molecular flexibility index (Phi) is 3.79. The summed E-state index contributed by atoms with van der Waals surface area (Å²) in [5.74, 6) is 0. The van der Waals surface area contributed by atoms with Crippen LogP contribution >= 0.6 is 0 Å². The van der Waals surface area contributed by atoms with Crippen LogP contribution in [0.15, 0.2) is 61.2 Å². The highest BCUT2D eigenvalue weighted by Crippen LogP contribution is 2.33. The van der Waals surface area contributed by atoms with Crippen LogP contribution in [-0.2, 0) is 7.05 Å². The summed E-state index contributed by atoms with van der Waals surface area (Å²) < 4.78 is 1.94. The van der Waals surface area contributed by atoms with Gasteiger partial charge >= 0.3 is 6.03 Å². The maximum absolute atomic E-state index is 12.1. The highest BCUT2D eigenvalue weighted by molar-refractivity contribution is 6.00. The van der Waals surface area contributed by atoms with Crippen molar-refractivity contribution in [1.82, 2.24) is 24.8 Å². The van der Waals surface area contributed by atoms with Crippen LogP contribution < -0.4 is 10.2 Å². The van der Waals surface area contributed by atoms with Gasteiger partial charge < -0.3 is 9.88 Å². The summed E-state index contributed by atoms with van der Waals surface area (Å²) in [7, 11) is 1.94. The molecule has 4 aromatic rings. The minimum atomic E-state index is -0.0768. The molecule has 0 atom stereocenters. The van der Waals surface area contributed by atoms with Gasteiger partial charge in [-0.05, 0) is 30.3 Å². The predicted octanol–water partition coefficient (Wildman–Crippen LogP) is 3.23. The topological polar surface area (TPSA) is 75.9 Å². The van der Waals surface area contributed by atoms with E-state index in [1.54, 1.807) is 23.6 Å². The molecular weight excluding hydrogens is 352 g/mol. The third kappa shape index (κ3) is 2.68. The Bertz CT molecular complexity index is 1180. The zero-order valence-corrected chi connectivity index (χ0v) is 15.3. The number of carbonyl (C=O) groups is 1. The van der Waals surface area contributed by atoms with E-state index in [2.05, 4.69) is 15.3 Å². The van der Waals surface area contributed by atoms with Crippen LogP contribution in [0.1, 0.15) is 0 Å². The number of rotatable bonds is 3. The van der Waals surface area contributed by atoms with Crippen LogP contribution in [-0.4, -0.2) is 38.6 Å². The molecule has 138 valence electrons. The van der Waals surface area contributed by atoms with Crippen LogP contribution in [0.3, 0.4) is 0 Å². The average molecular weight is 370 g/mol. The van der Waals surface area contributed by atoms with Gasteiger partial charge in [0.2, 0.25) is 0 Å². The highest BCUT2D eigenvalue weighted by Gasteiger charge is 2.22. The summed E-state index contributed by atoms with van der Waals surface area (Å²) in [5.41, 5.74) is 5.27. The van der Waals surface area contributed by atoms with E-state index < -0.39 is 0 Å². The van der Waals surface area contributed by atoms with Crippen molar-refractivity contribution < 1.29 is 4.79 Å². The molecule has 0 aliphatic carbocycles. The first-order valence-electron chi connectivity index (χ1n) is 9.09. The number of hydrogen-bond donors (Lipinski definition) is 1. The number of nitrogens with zero attached hydrogens (tertiary/aromatic N) is 5. The molecule has 28 heavy (non-hydrogen) atoms. The fraction of sp³-hybridized carbons (Fsp3) is 0.143. The van der Waals surface area contributed by atoms with Crippen molar-refractivity contribution in [3.63, 3.8) is 0 Å². The summed E-state index contributed by atoms with van der Waals surface area (Å²) in [4.78, 5) is 27.4. The molecule has 7 nitrogen and oxygen atoms in total. The van der Waals surface area contributed by atoms with Crippen LogP contribution in [0.4, 0.5) is 10.5 Å². The number of fused-ring (bicyclic) bond motifs is 1. The zero-order chi connectivity index (χ0) is 19.1. The number of benzene rings is 1. The molecule has 0 spiro atoms. The van der Waals surface area contributed by atoms with Crippen LogP contribution in [0.2, 0.25) is 0 Å². The van der Waals surface area contributed by atoms with Gasteiger partial charge in [0.25, 0.3) is 0 Å². The lowest BCUT2D eigenvalue weighted by atomic mass is 10.0. The second-order valence-corrected chi connectivity index (χ2v) is 6.74. The molecule has 0 bridgehead atoms. The molecular formula is C21H18N6O. The van der Waals surface area contributed by atoms with Gasteiger partial charge in [-0.15, -0.1) is 0 Å². The fourth-order valence-corrected chi connectivity index (χ4v) is 3.57. The third-order valence-corrected chi connectivity index (χ3v) is 4.98. The maximum atomic E-state index is 12.1. The highest BCUT2D eigenvalue weighted by atomic mass is 16.2. The number of pyridine rings is 2. The zero-order valence-electron chi connectivity index (χ0n) is 15.3. The number of nitrogens with one attached hydrogen (secondary N) is 1. The first kappa shape index (κ1) is 16.4. The first-order chi connectivity index (χ1) is 13.7. The molecule has 0 radical (unpaired) electrons. The summed E-state index contributed by atoms with van der Waals surface area (Å²) >= 11 is 0. The first-order valence-corrected chi connectivity index (χ1v) is 9.09. The van der Waals surface area contributed by atoms with Gasteiger partial charge in [-0.3, -0.25) is 9.88 Å². The molecule has 3 aromatic heterocycles. The number of hydrogen-bond acceptors (Lipinski definition) is 4. The second kappa shape index (κ2) is 6.45. The standard InChI is InChI=1S/C21H18N6O/c1-26-13-22-12-20(26)19-11-16(17-4-2-3-7-23-17)15-6-5-14(10-18(15)25-19)27-9-8-24-21(27)28/h2-7,10-13H,8-9H2,1H3,(H,24,28). The van der Waals surface area contributed by atoms with E-state index in [-0.39, 0.29) is 6.03 Å². The number of aryl methyl sites for hydroxylation is 1. The smallest absolute Gasteiger partial charge is 0.321 e. The summed E-state index contributed by atoms with van der Waals surface area (Å²) in [6, 6.07) is 13.8. The largest absolute Gasteiger partial charge is 0.336 e. The molecule has 1 fully saturated rings. The fourth-order valence-electron chi connectivity index (χ4n) is 3.57. The van der Waals surface area contributed by atoms with E-state index in [0.29, 0.717) is 13.1 Å². The van der Waals surface area contributed by atoms with E-state index >= 15 is 0 Å². The van der Waals surface area contributed by atoms with Gasteiger partial charge in [0.1, 0.15) is 0 Å². The maximum Gasteiger partial charge on any atom is 0.321 e. The SMILES string of the molecule is Cn1cncc1-c1cc(-c2ccccn2)c2ccc(N3CCNC3=O)cc2n1. The Morgan fingerprint density at radius 3 is 2.75 bits per heavy atom. The van der Waals surface area contributed by atoms with E-state index in [9.17, 15) is 4.79 Å². The monoisotopic (exact) mass is 370 g/mol. The van der Waals surface area contributed by atoms with Crippen LogP contribution in [0.25, 0.3) is 33.5 Å². The quantitative estimate of drug-likeness (QED) is 0.601. The van der Waals surface area contributed by atoms with E-state index in [4.69, 9.17) is 4.98 Å². The lowest BCUT2D eigenvalue weighted by Gasteiger charge is -2.16. The Balaban J connectivity index is 1.75. The van der Waals surface area contributed by atoms with Gasteiger partial charge in [0, 0.05) is 43.0 Å². The van der Waals surface area contributed by atoms with Crippen LogP contribution in [0, 0.1) is 0 Å². The van der Waals surface area contributed by atoms with Crippen molar-refractivity contribution >= 4 is 22.6 Å². The Morgan fingerprint density at radius 2 is 2.04 bits per heavy atom. The summed E-state index contributed by atoms with van der Waals surface area (Å²) in [6.07, 6.45) is 5.34. The Morgan fingerprint density at radius 1 is 1.11 bits per heavy atom. The van der Waals surface area contributed by atoms with Crippen molar-refractivity contribution in [3.05, 3.63) is 61.2 Å². The molecule has 2 amide bonds. The third-order valence-electron chi connectivity index (χ3n) is 4.98. The number of urea groups is 1. The molecule has 1 N–H and O–H groups in total. The minimum absolute atomic E-state index is 0.0768. The van der Waals surface area contributed by atoms with Crippen LogP contribution in [0.5, 0.6) is 0 Å². The van der Waals surface area contributed by atoms with Gasteiger partial charge in [0.15, 0.2) is 0 Å². The second-order valence-electron chi connectivity index (χ2n) is 6.74. The number of aromatic nitrogens is 4. The van der Waals surface area contributed by atoms with Crippen molar-refractivity contribution in [2.24, 2.45) is 7.05 Å². The summed E-state index contributed by atoms with van der Waals surface area (Å²) in [6.45, 7) is 1.30. The molecule has 4 heterocycles. The minimum Gasteiger partial charge on any atom is -0.336 e. The molecule has 7 heteroatoms.